The van der Waals surface area contributed by atoms with E-state index in [1.54, 1.807) is 12.1 Å². The van der Waals surface area contributed by atoms with Crippen LogP contribution in [0.1, 0.15) is 15.9 Å². The van der Waals surface area contributed by atoms with E-state index in [2.05, 4.69) is 15.9 Å². The van der Waals surface area contributed by atoms with Gasteiger partial charge in [-0.05, 0) is 39.7 Å². The number of non-ortho nitro benzene ring substituents is 1. The van der Waals surface area contributed by atoms with Crippen molar-refractivity contribution in [3.8, 4) is 6.07 Å². The smallest absolute Gasteiger partial charge is 0.270 e. The van der Waals surface area contributed by atoms with Gasteiger partial charge in [0.1, 0.15) is 11.6 Å². The van der Waals surface area contributed by atoms with E-state index >= 15 is 0 Å². The molecule has 2 aromatic carbocycles. The molecule has 126 valence electrons. The fourth-order valence-electron chi connectivity index (χ4n) is 2.21. The Bertz CT molecular complexity index is 914. The van der Waals surface area contributed by atoms with Gasteiger partial charge in [-0.1, -0.05) is 18.2 Å². The number of nitriles is 1. The minimum atomic E-state index is -0.580. The molecule has 0 saturated heterocycles. The zero-order chi connectivity index (χ0) is 18.6. The van der Waals surface area contributed by atoms with E-state index in [1.165, 1.54) is 30.3 Å². The van der Waals surface area contributed by atoms with E-state index in [0.29, 0.717) is 5.56 Å². The van der Waals surface area contributed by atoms with Gasteiger partial charge >= 0.3 is 0 Å². The topological polar surface area (TPSA) is 87.2 Å². The van der Waals surface area contributed by atoms with Crippen LogP contribution in [-0.4, -0.2) is 24.8 Å². The van der Waals surface area contributed by atoms with Gasteiger partial charge in [-0.15, -0.1) is 0 Å². The number of Topliss-reactive ketones (excluding diaryl/α,β-unsaturated/α-hetero) is 1. The summed E-state index contributed by atoms with van der Waals surface area (Å²) in [7, 11) is 3.81. The highest BCUT2D eigenvalue weighted by Gasteiger charge is 2.16. The second kappa shape index (κ2) is 7.73. The molecule has 0 heterocycles. The lowest BCUT2D eigenvalue weighted by Gasteiger charge is -2.14. The molecule has 0 unspecified atom stereocenters. The van der Waals surface area contributed by atoms with Gasteiger partial charge in [-0.3, -0.25) is 14.9 Å². The van der Waals surface area contributed by atoms with E-state index < -0.39 is 10.7 Å². The van der Waals surface area contributed by atoms with Crippen LogP contribution < -0.4 is 4.90 Å². The molecule has 7 heteroatoms. The summed E-state index contributed by atoms with van der Waals surface area (Å²) in [5.41, 5.74) is 1.45. The molecule has 0 aliphatic carbocycles. The zero-order valence-electron chi connectivity index (χ0n) is 13.6. The number of anilines is 1. The van der Waals surface area contributed by atoms with Crippen molar-refractivity contribution in [2.75, 3.05) is 19.0 Å². The highest BCUT2D eigenvalue weighted by atomic mass is 79.9. The van der Waals surface area contributed by atoms with Crippen LogP contribution >= 0.6 is 15.9 Å². The molecule has 0 aromatic heterocycles. The second-order valence-electron chi connectivity index (χ2n) is 5.41. The minimum absolute atomic E-state index is 0.0926. The van der Waals surface area contributed by atoms with Crippen LogP contribution in [0.4, 0.5) is 11.4 Å². The first-order valence-electron chi connectivity index (χ1n) is 7.21. The monoisotopic (exact) mass is 399 g/mol. The molecular formula is C18H14BrN3O3. The highest BCUT2D eigenvalue weighted by Crippen LogP contribution is 2.27. The van der Waals surface area contributed by atoms with Gasteiger partial charge in [0.15, 0.2) is 0 Å². The molecule has 6 nitrogen and oxygen atoms in total. The molecule has 0 aliphatic heterocycles. The molecule has 0 fully saturated rings. The third-order valence-corrected chi connectivity index (χ3v) is 4.08. The summed E-state index contributed by atoms with van der Waals surface area (Å²) in [6.45, 7) is 0. The lowest BCUT2D eigenvalue weighted by atomic mass is 10.0. The number of hydrogen-bond acceptors (Lipinski definition) is 5. The largest absolute Gasteiger partial charge is 0.377 e. The Morgan fingerprint density at radius 1 is 1.28 bits per heavy atom. The fourth-order valence-corrected chi connectivity index (χ4v) is 2.96. The molecule has 0 saturated carbocycles. The predicted molar refractivity (Wildman–Crippen MR) is 99.5 cm³/mol. The third-order valence-electron chi connectivity index (χ3n) is 3.45. The number of carbonyl (C=O) groups excluding carboxylic acids is 1. The van der Waals surface area contributed by atoms with Crippen LogP contribution in [0.5, 0.6) is 0 Å². The number of hydrogen-bond donors (Lipinski definition) is 0. The quantitative estimate of drug-likeness (QED) is 0.247. The summed E-state index contributed by atoms with van der Waals surface area (Å²) in [4.78, 5) is 24.7. The van der Waals surface area contributed by atoms with Gasteiger partial charge in [-0.2, -0.15) is 5.26 Å². The van der Waals surface area contributed by atoms with Crippen molar-refractivity contribution in [2.24, 2.45) is 0 Å². The van der Waals surface area contributed by atoms with Gasteiger partial charge in [0.2, 0.25) is 5.78 Å². The fraction of sp³-hybridized carbons (Fsp3) is 0.111. The zero-order valence-corrected chi connectivity index (χ0v) is 15.1. The van der Waals surface area contributed by atoms with Gasteiger partial charge in [0.25, 0.3) is 5.69 Å². The number of halogens is 1. The van der Waals surface area contributed by atoms with Crippen LogP contribution in [-0.2, 0) is 0 Å². The molecule has 0 amide bonds. The Morgan fingerprint density at radius 2 is 2.00 bits per heavy atom. The second-order valence-corrected chi connectivity index (χ2v) is 6.27. The lowest BCUT2D eigenvalue weighted by molar-refractivity contribution is -0.384. The van der Waals surface area contributed by atoms with Crippen molar-refractivity contribution >= 4 is 39.2 Å². The molecule has 0 aliphatic rings. The third kappa shape index (κ3) is 4.31. The van der Waals surface area contributed by atoms with E-state index in [1.807, 2.05) is 31.1 Å². The summed E-state index contributed by atoms with van der Waals surface area (Å²) in [5.74, 6) is -0.556. The van der Waals surface area contributed by atoms with Crippen molar-refractivity contribution in [1.82, 2.24) is 0 Å². The maximum absolute atomic E-state index is 12.5. The van der Waals surface area contributed by atoms with Gasteiger partial charge in [0, 0.05) is 36.3 Å². The van der Waals surface area contributed by atoms with E-state index in [9.17, 15) is 20.2 Å². The minimum Gasteiger partial charge on any atom is -0.377 e. The molecule has 2 rings (SSSR count). The maximum atomic E-state index is 12.5. The molecule has 0 N–H and O–H groups in total. The first-order valence-corrected chi connectivity index (χ1v) is 8.00. The van der Waals surface area contributed by atoms with E-state index in [0.717, 1.165) is 10.2 Å². The summed E-state index contributed by atoms with van der Waals surface area (Å²) < 4.78 is 0.825. The number of nitro benzene ring substituents is 1. The van der Waals surface area contributed by atoms with Gasteiger partial charge in [-0.25, -0.2) is 0 Å². The summed E-state index contributed by atoms with van der Waals surface area (Å²) in [5, 5.41) is 20.2. The molecule has 25 heavy (non-hydrogen) atoms. The Labute approximate surface area is 153 Å². The van der Waals surface area contributed by atoms with Crippen molar-refractivity contribution in [3.63, 3.8) is 0 Å². The van der Waals surface area contributed by atoms with E-state index in [-0.39, 0.29) is 16.8 Å². The van der Waals surface area contributed by atoms with Crippen LogP contribution in [0.2, 0.25) is 0 Å². The van der Waals surface area contributed by atoms with Gasteiger partial charge in [0.05, 0.1) is 10.6 Å². The Kier molecular flexibility index (Phi) is 5.67. The average Bonchev–Trinajstić information content (AvgIpc) is 2.58. The van der Waals surface area contributed by atoms with Crippen molar-refractivity contribution < 1.29 is 9.72 Å². The molecule has 0 radical (unpaired) electrons. The highest BCUT2D eigenvalue weighted by molar-refractivity contribution is 9.10. The standard InChI is InChI=1S/C18H14BrN3O3/c1-21(2)17-7-6-12(9-16(17)19)8-14(11-20)18(23)13-4-3-5-15(10-13)22(24)25/h3-10H,1-2H3/b14-8+. The number of benzene rings is 2. The van der Waals surface area contributed by atoms with Crippen molar-refractivity contribution in [2.45, 2.75) is 0 Å². The lowest BCUT2D eigenvalue weighted by Crippen LogP contribution is -2.09. The Morgan fingerprint density at radius 3 is 2.56 bits per heavy atom. The summed E-state index contributed by atoms with van der Waals surface area (Å²) in [6.07, 6.45) is 1.46. The van der Waals surface area contributed by atoms with Crippen LogP contribution in [0.3, 0.4) is 0 Å². The van der Waals surface area contributed by atoms with Crippen molar-refractivity contribution in [1.29, 1.82) is 5.26 Å². The number of nitro groups is 1. The summed E-state index contributed by atoms with van der Waals surface area (Å²) >= 11 is 3.45. The van der Waals surface area contributed by atoms with E-state index in [4.69, 9.17) is 0 Å². The Hall–Kier alpha value is -2.98. The Balaban J connectivity index is 2.39. The molecule has 0 spiro atoms. The predicted octanol–water partition coefficient (Wildman–Crippen LogP) is 4.21. The number of carbonyl (C=O) groups is 1. The summed E-state index contributed by atoms with van der Waals surface area (Å²) in [6, 6.07) is 12.7. The van der Waals surface area contributed by atoms with Crippen LogP contribution in [0.15, 0.2) is 52.5 Å². The SMILES string of the molecule is CN(C)c1ccc(/C=C(\C#N)C(=O)c2cccc([N+](=O)[O-])c2)cc1Br. The number of rotatable bonds is 5. The molecule has 0 atom stereocenters. The number of ketones is 1. The molecule has 0 bridgehead atoms. The average molecular weight is 400 g/mol. The van der Waals surface area contributed by atoms with Crippen molar-refractivity contribution in [3.05, 3.63) is 73.8 Å². The molecule has 2 aromatic rings. The van der Waals surface area contributed by atoms with Crippen LogP contribution in [0.25, 0.3) is 6.08 Å². The number of nitrogens with zero attached hydrogens (tertiary/aromatic N) is 3. The molecular weight excluding hydrogens is 386 g/mol. The van der Waals surface area contributed by atoms with Gasteiger partial charge < -0.3 is 4.90 Å². The van der Waals surface area contributed by atoms with Crippen LogP contribution in [0, 0.1) is 21.4 Å². The normalized spacial score (nSPS) is 10.9. The maximum Gasteiger partial charge on any atom is 0.270 e. The number of allylic oxidation sites excluding steroid dienone is 1. The first-order chi connectivity index (χ1) is 11.8. The first kappa shape index (κ1) is 18.4.